The Bertz CT molecular complexity index is 420. The molecule has 1 atom stereocenters. The number of carbonyl (C=O) groups is 1. The van der Waals surface area contributed by atoms with Crippen LogP contribution < -0.4 is 0 Å². The summed E-state index contributed by atoms with van der Waals surface area (Å²) in [4.78, 5) is 13.0. The van der Waals surface area contributed by atoms with Gasteiger partial charge in [-0.05, 0) is 26.0 Å². The molecule has 0 bridgehead atoms. The van der Waals surface area contributed by atoms with Crippen molar-refractivity contribution in [1.82, 2.24) is 4.90 Å². The molecule has 0 fully saturated rings. The van der Waals surface area contributed by atoms with E-state index in [0.717, 1.165) is 13.0 Å². The third kappa shape index (κ3) is 3.29. The van der Waals surface area contributed by atoms with Crippen molar-refractivity contribution < 1.29 is 14.3 Å². The third-order valence-corrected chi connectivity index (χ3v) is 3.30. The van der Waals surface area contributed by atoms with Crippen LogP contribution >= 0.6 is 0 Å². The van der Waals surface area contributed by atoms with Gasteiger partial charge in [0.25, 0.3) is 0 Å². The van der Waals surface area contributed by atoms with Crippen molar-refractivity contribution in [2.45, 2.75) is 39.8 Å². The molecule has 0 saturated heterocycles. The van der Waals surface area contributed by atoms with Crippen molar-refractivity contribution in [3.8, 4) is 0 Å². The minimum absolute atomic E-state index is 0.257. The average Bonchev–Trinajstić information content (AvgIpc) is 2.36. The minimum Gasteiger partial charge on any atom is -0.478 e. The maximum atomic E-state index is 14.0. The van der Waals surface area contributed by atoms with Gasteiger partial charge in [0.15, 0.2) is 0 Å². The largest absolute Gasteiger partial charge is 0.478 e. The van der Waals surface area contributed by atoms with Crippen LogP contribution in [0, 0.1) is 5.82 Å². The number of nitrogens with zero attached hydrogens (tertiary/aromatic N) is 1. The fraction of sp³-hybridized carbons (Fsp3) is 0.500. The summed E-state index contributed by atoms with van der Waals surface area (Å²) >= 11 is 0. The number of hydrogen-bond donors (Lipinski definition) is 1. The number of hydrogen-bond acceptors (Lipinski definition) is 2. The Morgan fingerprint density at radius 3 is 2.61 bits per heavy atom. The molecule has 0 aliphatic heterocycles. The van der Waals surface area contributed by atoms with Crippen LogP contribution in [0.15, 0.2) is 18.2 Å². The number of benzene rings is 1. The van der Waals surface area contributed by atoms with Gasteiger partial charge in [-0.25, -0.2) is 9.18 Å². The normalized spacial score (nSPS) is 12.7. The molecule has 0 aliphatic rings. The number of rotatable bonds is 6. The van der Waals surface area contributed by atoms with Crippen molar-refractivity contribution in [3.05, 3.63) is 35.1 Å². The first-order valence-corrected chi connectivity index (χ1v) is 6.25. The highest BCUT2D eigenvalue weighted by molar-refractivity contribution is 5.88. The predicted octanol–water partition coefficient (Wildman–Crippen LogP) is 3.14. The molecule has 0 aliphatic carbocycles. The highest BCUT2D eigenvalue weighted by Gasteiger charge is 2.17. The molecule has 0 heterocycles. The van der Waals surface area contributed by atoms with Crippen LogP contribution in [-0.2, 0) is 6.54 Å². The summed E-state index contributed by atoms with van der Waals surface area (Å²) in [6, 6.07) is 4.88. The van der Waals surface area contributed by atoms with Gasteiger partial charge in [-0.2, -0.15) is 0 Å². The van der Waals surface area contributed by atoms with E-state index in [4.69, 9.17) is 5.11 Å². The van der Waals surface area contributed by atoms with E-state index in [-0.39, 0.29) is 5.56 Å². The zero-order valence-corrected chi connectivity index (χ0v) is 11.1. The van der Waals surface area contributed by atoms with Crippen molar-refractivity contribution in [1.29, 1.82) is 0 Å². The third-order valence-electron chi connectivity index (χ3n) is 3.30. The molecule has 3 nitrogen and oxygen atoms in total. The molecule has 1 unspecified atom stereocenters. The summed E-state index contributed by atoms with van der Waals surface area (Å²) in [6.45, 7) is 7.44. The van der Waals surface area contributed by atoms with Crippen molar-refractivity contribution in [2.24, 2.45) is 0 Å². The van der Waals surface area contributed by atoms with Crippen molar-refractivity contribution >= 4 is 5.97 Å². The first-order valence-electron chi connectivity index (χ1n) is 6.25. The van der Waals surface area contributed by atoms with Crippen molar-refractivity contribution in [2.75, 3.05) is 6.54 Å². The standard InChI is InChI=1S/C14H20FNO2/c1-4-10(3)16(5-2)9-11-7-6-8-12(13(11)15)14(17)18/h6-8,10H,4-5,9H2,1-3H3,(H,17,18). The number of aromatic carboxylic acids is 1. The highest BCUT2D eigenvalue weighted by Crippen LogP contribution is 2.17. The summed E-state index contributed by atoms with van der Waals surface area (Å²) in [6.07, 6.45) is 0.980. The molecule has 1 N–H and O–H groups in total. The quantitative estimate of drug-likeness (QED) is 0.846. The van der Waals surface area contributed by atoms with Crippen LogP contribution in [0.25, 0.3) is 0 Å². The Morgan fingerprint density at radius 1 is 1.44 bits per heavy atom. The van der Waals surface area contributed by atoms with Crippen LogP contribution in [0.3, 0.4) is 0 Å². The molecule has 1 aromatic carbocycles. The summed E-state index contributed by atoms with van der Waals surface area (Å²) in [5.74, 6) is -1.84. The number of halogens is 1. The highest BCUT2D eigenvalue weighted by atomic mass is 19.1. The van der Waals surface area contributed by atoms with Crippen LogP contribution in [0.5, 0.6) is 0 Å². The fourth-order valence-electron chi connectivity index (χ4n) is 1.92. The molecule has 4 heteroatoms. The Morgan fingerprint density at radius 2 is 2.11 bits per heavy atom. The summed E-state index contributed by atoms with van der Waals surface area (Å²) in [5, 5.41) is 8.88. The Balaban J connectivity index is 2.96. The molecular weight excluding hydrogens is 233 g/mol. The monoisotopic (exact) mass is 253 g/mol. The van der Waals surface area contributed by atoms with Crippen LogP contribution in [-0.4, -0.2) is 28.6 Å². The van der Waals surface area contributed by atoms with Gasteiger partial charge in [-0.3, -0.25) is 4.90 Å². The lowest BCUT2D eigenvalue weighted by atomic mass is 10.1. The molecule has 18 heavy (non-hydrogen) atoms. The van der Waals surface area contributed by atoms with E-state index in [1.807, 2.05) is 6.92 Å². The average molecular weight is 253 g/mol. The first kappa shape index (κ1) is 14.6. The molecule has 0 amide bonds. The van der Waals surface area contributed by atoms with E-state index in [9.17, 15) is 9.18 Å². The second-order valence-corrected chi connectivity index (χ2v) is 4.40. The van der Waals surface area contributed by atoms with E-state index in [1.165, 1.54) is 6.07 Å². The fourth-order valence-corrected chi connectivity index (χ4v) is 1.92. The zero-order chi connectivity index (χ0) is 13.7. The second-order valence-electron chi connectivity index (χ2n) is 4.40. The van der Waals surface area contributed by atoms with E-state index in [0.29, 0.717) is 18.2 Å². The Labute approximate surface area is 107 Å². The van der Waals surface area contributed by atoms with Crippen LogP contribution in [0.1, 0.15) is 43.1 Å². The maximum absolute atomic E-state index is 14.0. The minimum atomic E-state index is -1.22. The Hall–Kier alpha value is -1.42. The van der Waals surface area contributed by atoms with E-state index >= 15 is 0 Å². The first-order chi connectivity index (χ1) is 8.51. The SMILES string of the molecule is CCC(C)N(CC)Cc1cccc(C(=O)O)c1F. The molecule has 1 aromatic rings. The molecule has 0 aromatic heterocycles. The van der Waals surface area contributed by atoms with Gasteiger partial charge < -0.3 is 5.11 Å². The molecule has 0 spiro atoms. The molecule has 0 saturated carbocycles. The van der Waals surface area contributed by atoms with Gasteiger partial charge in [0.1, 0.15) is 5.82 Å². The van der Waals surface area contributed by atoms with Crippen LogP contribution in [0.2, 0.25) is 0 Å². The molecule has 100 valence electrons. The van der Waals surface area contributed by atoms with Gasteiger partial charge >= 0.3 is 5.97 Å². The lowest BCUT2D eigenvalue weighted by Gasteiger charge is -2.27. The van der Waals surface area contributed by atoms with Gasteiger partial charge in [0.2, 0.25) is 0 Å². The Kier molecular flexibility index (Phi) is 5.28. The molecular formula is C14H20FNO2. The summed E-state index contributed by atoms with van der Waals surface area (Å²) in [5.41, 5.74) is 0.185. The number of carboxylic acids is 1. The topological polar surface area (TPSA) is 40.5 Å². The van der Waals surface area contributed by atoms with E-state index in [1.54, 1.807) is 12.1 Å². The summed E-state index contributed by atoms with van der Waals surface area (Å²) in [7, 11) is 0. The molecule has 0 radical (unpaired) electrons. The molecule has 1 rings (SSSR count). The zero-order valence-electron chi connectivity index (χ0n) is 11.1. The van der Waals surface area contributed by atoms with Gasteiger partial charge in [-0.1, -0.05) is 26.0 Å². The van der Waals surface area contributed by atoms with Gasteiger partial charge in [0, 0.05) is 18.2 Å². The lowest BCUT2D eigenvalue weighted by Crippen LogP contribution is -2.32. The van der Waals surface area contributed by atoms with Gasteiger partial charge in [-0.15, -0.1) is 0 Å². The van der Waals surface area contributed by atoms with E-state index in [2.05, 4.69) is 18.7 Å². The van der Waals surface area contributed by atoms with Gasteiger partial charge in [0.05, 0.1) is 5.56 Å². The van der Waals surface area contributed by atoms with E-state index < -0.39 is 11.8 Å². The lowest BCUT2D eigenvalue weighted by molar-refractivity contribution is 0.0691. The maximum Gasteiger partial charge on any atom is 0.338 e. The smallest absolute Gasteiger partial charge is 0.338 e. The summed E-state index contributed by atoms with van der Waals surface area (Å²) < 4.78 is 14.0. The van der Waals surface area contributed by atoms with Crippen molar-refractivity contribution in [3.63, 3.8) is 0 Å². The van der Waals surface area contributed by atoms with Crippen LogP contribution in [0.4, 0.5) is 4.39 Å². The second kappa shape index (κ2) is 6.50. The predicted molar refractivity (Wildman–Crippen MR) is 69.2 cm³/mol. The number of carboxylic acid groups (broad SMARTS) is 1.